The fourth-order valence-electron chi connectivity index (χ4n) is 1.66. The number of aromatic nitrogens is 3. The van der Waals surface area contributed by atoms with Gasteiger partial charge in [-0.1, -0.05) is 5.57 Å². The molecule has 0 aliphatic rings. The number of anilines is 1. The molecule has 2 aromatic heterocycles. The lowest BCUT2D eigenvalue weighted by molar-refractivity contribution is -0.111. The SMILES string of the molecule is CC(C)=CC(=O)Nc1ccc(-n2ccnc2C)nc1. The number of aryl methyl sites for hydroxylation is 1. The van der Waals surface area contributed by atoms with Gasteiger partial charge in [-0.25, -0.2) is 9.97 Å². The second-order valence-corrected chi connectivity index (χ2v) is 4.46. The molecule has 0 radical (unpaired) electrons. The molecule has 0 fully saturated rings. The number of allylic oxidation sites excluding steroid dienone is 1. The Morgan fingerprint density at radius 2 is 2.11 bits per heavy atom. The monoisotopic (exact) mass is 256 g/mol. The molecule has 0 aromatic carbocycles. The van der Waals surface area contributed by atoms with Crippen LogP contribution in [0.15, 0.2) is 42.4 Å². The van der Waals surface area contributed by atoms with Crippen molar-refractivity contribution in [3.63, 3.8) is 0 Å². The van der Waals surface area contributed by atoms with Crippen molar-refractivity contribution >= 4 is 11.6 Å². The van der Waals surface area contributed by atoms with Gasteiger partial charge in [-0.2, -0.15) is 0 Å². The first-order valence-electron chi connectivity index (χ1n) is 5.98. The number of hydrogen-bond acceptors (Lipinski definition) is 3. The molecule has 1 amide bonds. The van der Waals surface area contributed by atoms with Crippen LogP contribution in [0.4, 0.5) is 5.69 Å². The van der Waals surface area contributed by atoms with E-state index in [0.29, 0.717) is 5.69 Å². The van der Waals surface area contributed by atoms with Crippen molar-refractivity contribution in [2.75, 3.05) is 5.32 Å². The molecule has 0 aliphatic carbocycles. The highest BCUT2D eigenvalue weighted by Gasteiger charge is 2.03. The maximum absolute atomic E-state index is 11.6. The smallest absolute Gasteiger partial charge is 0.248 e. The van der Waals surface area contributed by atoms with E-state index in [1.165, 1.54) is 0 Å². The van der Waals surface area contributed by atoms with Crippen LogP contribution in [-0.2, 0) is 4.79 Å². The quantitative estimate of drug-likeness (QED) is 0.858. The van der Waals surface area contributed by atoms with Gasteiger partial charge in [0.25, 0.3) is 0 Å². The van der Waals surface area contributed by atoms with Crippen molar-refractivity contribution in [1.82, 2.24) is 14.5 Å². The third-order valence-electron chi connectivity index (χ3n) is 2.51. The van der Waals surface area contributed by atoms with E-state index in [4.69, 9.17) is 0 Å². The number of pyridine rings is 1. The summed E-state index contributed by atoms with van der Waals surface area (Å²) < 4.78 is 1.88. The molecule has 5 heteroatoms. The summed E-state index contributed by atoms with van der Waals surface area (Å²) in [6.07, 6.45) is 6.75. The zero-order chi connectivity index (χ0) is 13.8. The summed E-state index contributed by atoms with van der Waals surface area (Å²) in [5.41, 5.74) is 1.63. The Kier molecular flexibility index (Phi) is 3.75. The zero-order valence-corrected chi connectivity index (χ0v) is 11.2. The molecule has 0 atom stereocenters. The molecule has 0 bridgehead atoms. The van der Waals surface area contributed by atoms with Gasteiger partial charge in [0.1, 0.15) is 11.6 Å². The molecule has 98 valence electrons. The molecule has 1 N–H and O–H groups in total. The highest BCUT2D eigenvalue weighted by atomic mass is 16.1. The van der Waals surface area contributed by atoms with Gasteiger partial charge in [-0.15, -0.1) is 0 Å². The van der Waals surface area contributed by atoms with E-state index >= 15 is 0 Å². The van der Waals surface area contributed by atoms with E-state index < -0.39 is 0 Å². The predicted octanol–water partition coefficient (Wildman–Crippen LogP) is 2.48. The summed E-state index contributed by atoms with van der Waals surface area (Å²) in [6.45, 7) is 5.66. The molecule has 0 saturated carbocycles. The van der Waals surface area contributed by atoms with Crippen molar-refractivity contribution in [2.24, 2.45) is 0 Å². The van der Waals surface area contributed by atoms with E-state index in [9.17, 15) is 4.79 Å². The van der Waals surface area contributed by atoms with Gasteiger partial charge in [0.15, 0.2) is 0 Å². The molecule has 0 aliphatic heterocycles. The fourth-order valence-corrected chi connectivity index (χ4v) is 1.66. The van der Waals surface area contributed by atoms with Gasteiger partial charge in [0.2, 0.25) is 5.91 Å². The Morgan fingerprint density at radius 1 is 1.32 bits per heavy atom. The molecule has 2 rings (SSSR count). The number of carbonyl (C=O) groups is 1. The first-order valence-corrected chi connectivity index (χ1v) is 5.98. The maximum atomic E-state index is 11.6. The summed E-state index contributed by atoms with van der Waals surface area (Å²) in [5.74, 6) is 1.50. The molecule has 2 heterocycles. The first kappa shape index (κ1) is 13.0. The summed E-state index contributed by atoms with van der Waals surface area (Å²) in [7, 11) is 0. The zero-order valence-electron chi connectivity index (χ0n) is 11.2. The molecule has 2 aromatic rings. The van der Waals surface area contributed by atoms with Gasteiger partial charge in [0, 0.05) is 18.5 Å². The lowest BCUT2D eigenvalue weighted by atomic mass is 10.3. The van der Waals surface area contributed by atoms with Crippen LogP contribution in [0.25, 0.3) is 5.82 Å². The van der Waals surface area contributed by atoms with Gasteiger partial charge in [-0.3, -0.25) is 9.36 Å². The Labute approximate surface area is 112 Å². The van der Waals surface area contributed by atoms with Crippen LogP contribution >= 0.6 is 0 Å². The van der Waals surface area contributed by atoms with Gasteiger partial charge in [0.05, 0.1) is 11.9 Å². The lowest BCUT2D eigenvalue weighted by Crippen LogP contribution is -2.09. The van der Waals surface area contributed by atoms with Crippen LogP contribution in [0.5, 0.6) is 0 Å². The largest absolute Gasteiger partial charge is 0.321 e. The predicted molar refractivity (Wildman–Crippen MR) is 74.2 cm³/mol. The van der Waals surface area contributed by atoms with Crippen LogP contribution in [-0.4, -0.2) is 20.4 Å². The number of nitrogens with one attached hydrogen (secondary N) is 1. The molecule has 5 nitrogen and oxygen atoms in total. The van der Waals surface area contributed by atoms with E-state index in [2.05, 4.69) is 15.3 Å². The highest BCUT2D eigenvalue weighted by molar-refractivity contribution is 5.99. The second kappa shape index (κ2) is 5.48. The van der Waals surface area contributed by atoms with E-state index in [0.717, 1.165) is 17.2 Å². The summed E-state index contributed by atoms with van der Waals surface area (Å²) >= 11 is 0. The average Bonchev–Trinajstić information content (AvgIpc) is 2.75. The molecule has 0 spiro atoms. The van der Waals surface area contributed by atoms with Crippen LogP contribution in [0.2, 0.25) is 0 Å². The highest BCUT2D eigenvalue weighted by Crippen LogP contribution is 2.11. The Balaban J connectivity index is 2.13. The number of nitrogens with zero attached hydrogens (tertiary/aromatic N) is 3. The van der Waals surface area contributed by atoms with E-state index in [1.807, 2.05) is 43.7 Å². The van der Waals surface area contributed by atoms with Crippen molar-refractivity contribution in [1.29, 1.82) is 0 Å². The van der Waals surface area contributed by atoms with Crippen molar-refractivity contribution in [3.05, 3.63) is 48.2 Å². The van der Waals surface area contributed by atoms with Gasteiger partial charge in [-0.05, 0) is 32.9 Å². The van der Waals surface area contributed by atoms with Crippen LogP contribution < -0.4 is 5.32 Å². The average molecular weight is 256 g/mol. The Morgan fingerprint density at radius 3 is 2.63 bits per heavy atom. The van der Waals surface area contributed by atoms with Crippen LogP contribution in [0.1, 0.15) is 19.7 Å². The van der Waals surface area contributed by atoms with Crippen LogP contribution in [0.3, 0.4) is 0 Å². The third kappa shape index (κ3) is 3.28. The third-order valence-corrected chi connectivity index (χ3v) is 2.51. The second-order valence-electron chi connectivity index (χ2n) is 4.46. The molecule has 19 heavy (non-hydrogen) atoms. The number of imidazole rings is 1. The van der Waals surface area contributed by atoms with Crippen molar-refractivity contribution < 1.29 is 4.79 Å². The summed E-state index contributed by atoms with van der Waals surface area (Å²) in [4.78, 5) is 20.0. The van der Waals surface area contributed by atoms with E-state index in [-0.39, 0.29) is 5.91 Å². The minimum Gasteiger partial charge on any atom is -0.321 e. The van der Waals surface area contributed by atoms with E-state index in [1.54, 1.807) is 18.5 Å². The maximum Gasteiger partial charge on any atom is 0.248 e. The summed E-state index contributed by atoms with van der Waals surface area (Å²) in [5, 5.41) is 2.76. The van der Waals surface area contributed by atoms with Crippen LogP contribution in [0, 0.1) is 6.92 Å². The molecule has 0 saturated heterocycles. The van der Waals surface area contributed by atoms with Crippen molar-refractivity contribution in [3.8, 4) is 5.82 Å². The first-order chi connectivity index (χ1) is 9.06. The van der Waals surface area contributed by atoms with Gasteiger partial charge >= 0.3 is 0 Å². The number of carbonyl (C=O) groups excluding carboxylic acids is 1. The topological polar surface area (TPSA) is 59.8 Å². The Bertz CT molecular complexity index is 607. The number of hydrogen-bond donors (Lipinski definition) is 1. The minimum absolute atomic E-state index is 0.145. The molecule has 0 unspecified atom stereocenters. The van der Waals surface area contributed by atoms with Gasteiger partial charge < -0.3 is 5.32 Å². The molecular weight excluding hydrogens is 240 g/mol. The fraction of sp³-hybridized carbons (Fsp3) is 0.214. The Hall–Kier alpha value is -2.43. The number of rotatable bonds is 3. The molecular formula is C14H16N4O. The normalized spacial score (nSPS) is 10.1. The lowest BCUT2D eigenvalue weighted by Gasteiger charge is -2.06. The summed E-state index contributed by atoms with van der Waals surface area (Å²) in [6, 6.07) is 3.66. The van der Waals surface area contributed by atoms with Crippen molar-refractivity contribution in [2.45, 2.75) is 20.8 Å². The standard InChI is InChI=1S/C14H16N4O/c1-10(2)8-14(19)17-12-4-5-13(16-9-12)18-7-6-15-11(18)3/h4-9H,1-3H3,(H,17,19). The minimum atomic E-state index is -0.145. The number of amides is 1.